The molecule has 1 aliphatic heterocycles. The molecule has 6 nitrogen and oxygen atoms in total. The number of ether oxygens (including phenoxy) is 2. The van der Waals surface area contributed by atoms with Crippen LogP contribution in [0.1, 0.15) is 46.5 Å². The first-order valence-corrected chi connectivity index (χ1v) is 9.58. The largest absolute Gasteiger partial charge is 0.377 e. The molecule has 1 fully saturated rings. The van der Waals surface area contributed by atoms with Gasteiger partial charge in [0.2, 0.25) is 0 Å². The number of nitrogens with one attached hydrogen (secondary N) is 2. The van der Waals surface area contributed by atoms with Gasteiger partial charge in [-0.05, 0) is 52.2 Å². The van der Waals surface area contributed by atoms with Crippen LogP contribution in [0.2, 0.25) is 0 Å². The summed E-state index contributed by atoms with van der Waals surface area (Å²) < 4.78 is 11.2. The SMILES string of the molecule is CCN(CC)CCCC(C)NC(=NC)NCCOCC1CCCO1.I. The van der Waals surface area contributed by atoms with Gasteiger partial charge in [0.25, 0.3) is 0 Å². The summed E-state index contributed by atoms with van der Waals surface area (Å²) in [6.07, 6.45) is 4.94. The Morgan fingerprint density at radius 2 is 2.12 bits per heavy atom. The van der Waals surface area contributed by atoms with E-state index in [1.54, 1.807) is 0 Å². The molecule has 2 atom stereocenters. The fourth-order valence-corrected chi connectivity index (χ4v) is 2.89. The Balaban J connectivity index is 0.00000576. The number of hydrogen-bond acceptors (Lipinski definition) is 4. The summed E-state index contributed by atoms with van der Waals surface area (Å²) in [6, 6.07) is 0.416. The van der Waals surface area contributed by atoms with Crippen molar-refractivity contribution >= 4 is 29.9 Å². The fraction of sp³-hybridized carbons (Fsp3) is 0.944. The molecule has 0 bridgehead atoms. The molecule has 0 aromatic carbocycles. The fourth-order valence-electron chi connectivity index (χ4n) is 2.89. The number of aliphatic imine (C=N–C) groups is 1. The van der Waals surface area contributed by atoms with E-state index in [9.17, 15) is 0 Å². The van der Waals surface area contributed by atoms with Crippen LogP contribution in [0.5, 0.6) is 0 Å². The molecular formula is C18H39IN4O2. The molecule has 2 N–H and O–H groups in total. The minimum atomic E-state index is 0. The van der Waals surface area contributed by atoms with E-state index in [-0.39, 0.29) is 24.0 Å². The predicted molar refractivity (Wildman–Crippen MR) is 116 cm³/mol. The average Bonchev–Trinajstić information content (AvgIpc) is 3.10. The summed E-state index contributed by atoms with van der Waals surface area (Å²) >= 11 is 0. The van der Waals surface area contributed by atoms with Crippen LogP contribution in [0, 0.1) is 0 Å². The van der Waals surface area contributed by atoms with Gasteiger partial charge in [-0.3, -0.25) is 4.99 Å². The lowest BCUT2D eigenvalue weighted by atomic mass is 10.2. The quantitative estimate of drug-likeness (QED) is 0.199. The summed E-state index contributed by atoms with van der Waals surface area (Å²) in [5, 5.41) is 6.76. The summed E-state index contributed by atoms with van der Waals surface area (Å²) in [5.74, 6) is 0.853. The lowest BCUT2D eigenvalue weighted by Gasteiger charge is -2.21. The smallest absolute Gasteiger partial charge is 0.191 e. The zero-order chi connectivity index (χ0) is 17.6. The molecule has 1 aliphatic rings. The van der Waals surface area contributed by atoms with Gasteiger partial charge in [0.15, 0.2) is 5.96 Å². The van der Waals surface area contributed by atoms with Gasteiger partial charge in [-0.2, -0.15) is 0 Å². The number of guanidine groups is 1. The molecule has 0 aliphatic carbocycles. The highest BCUT2D eigenvalue weighted by molar-refractivity contribution is 14.0. The highest BCUT2D eigenvalue weighted by atomic mass is 127. The van der Waals surface area contributed by atoms with Crippen LogP contribution in [0.15, 0.2) is 4.99 Å². The van der Waals surface area contributed by atoms with Gasteiger partial charge in [0, 0.05) is 26.2 Å². The second-order valence-corrected chi connectivity index (χ2v) is 6.42. The van der Waals surface area contributed by atoms with E-state index in [0.29, 0.717) is 25.4 Å². The van der Waals surface area contributed by atoms with Crippen LogP contribution in [0.25, 0.3) is 0 Å². The summed E-state index contributed by atoms with van der Waals surface area (Å²) in [5.41, 5.74) is 0. The Kier molecular flexibility index (Phi) is 16.0. The molecule has 1 heterocycles. The third kappa shape index (κ3) is 12.0. The van der Waals surface area contributed by atoms with E-state index in [0.717, 1.165) is 51.5 Å². The van der Waals surface area contributed by atoms with Gasteiger partial charge in [-0.25, -0.2) is 0 Å². The summed E-state index contributed by atoms with van der Waals surface area (Å²) in [4.78, 5) is 6.75. The van der Waals surface area contributed by atoms with E-state index < -0.39 is 0 Å². The molecule has 1 saturated heterocycles. The maximum atomic E-state index is 5.66. The average molecular weight is 470 g/mol. The molecule has 0 radical (unpaired) electrons. The monoisotopic (exact) mass is 470 g/mol. The minimum Gasteiger partial charge on any atom is -0.377 e. The number of rotatable bonds is 12. The molecule has 150 valence electrons. The number of halogens is 1. The maximum absolute atomic E-state index is 5.66. The van der Waals surface area contributed by atoms with Crippen molar-refractivity contribution in [2.45, 2.75) is 58.6 Å². The van der Waals surface area contributed by atoms with E-state index in [1.807, 2.05) is 7.05 Å². The second kappa shape index (κ2) is 16.1. The first kappa shape index (κ1) is 24.9. The van der Waals surface area contributed by atoms with Crippen molar-refractivity contribution in [3.05, 3.63) is 0 Å². The van der Waals surface area contributed by atoms with Gasteiger partial charge in [0.1, 0.15) is 0 Å². The summed E-state index contributed by atoms with van der Waals surface area (Å²) in [7, 11) is 1.81. The lowest BCUT2D eigenvalue weighted by molar-refractivity contribution is 0.0191. The normalized spacial score (nSPS) is 18.9. The van der Waals surface area contributed by atoms with Crippen molar-refractivity contribution in [2.24, 2.45) is 4.99 Å². The second-order valence-electron chi connectivity index (χ2n) is 6.42. The first-order valence-electron chi connectivity index (χ1n) is 9.58. The molecular weight excluding hydrogens is 431 g/mol. The van der Waals surface area contributed by atoms with Crippen LogP contribution in [0.4, 0.5) is 0 Å². The minimum absolute atomic E-state index is 0. The van der Waals surface area contributed by atoms with E-state index in [2.05, 4.69) is 41.3 Å². The molecule has 2 unspecified atom stereocenters. The molecule has 0 saturated carbocycles. The zero-order valence-corrected chi connectivity index (χ0v) is 18.9. The standard InChI is InChI=1S/C18H38N4O2.HI/c1-5-22(6-2)12-7-9-16(3)21-18(19-4)20-11-14-23-15-17-10-8-13-24-17;/h16-17H,5-15H2,1-4H3,(H2,19,20,21);1H. The molecule has 0 amide bonds. The maximum Gasteiger partial charge on any atom is 0.191 e. The zero-order valence-electron chi connectivity index (χ0n) is 16.6. The van der Waals surface area contributed by atoms with Crippen molar-refractivity contribution in [1.29, 1.82) is 0 Å². The Labute approximate surface area is 171 Å². The molecule has 25 heavy (non-hydrogen) atoms. The highest BCUT2D eigenvalue weighted by Gasteiger charge is 2.15. The van der Waals surface area contributed by atoms with Gasteiger partial charge in [-0.15, -0.1) is 24.0 Å². The molecule has 0 aromatic rings. The topological polar surface area (TPSA) is 58.1 Å². The van der Waals surface area contributed by atoms with Crippen molar-refractivity contribution in [2.75, 3.05) is 53.0 Å². The molecule has 0 aromatic heterocycles. The first-order chi connectivity index (χ1) is 11.7. The third-order valence-electron chi connectivity index (χ3n) is 4.48. The van der Waals surface area contributed by atoms with Crippen molar-refractivity contribution in [1.82, 2.24) is 15.5 Å². The Morgan fingerprint density at radius 3 is 2.72 bits per heavy atom. The van der Waals surface area contributed by atoms with Crippen LogP contribution in [0.3, 0.4) is 0 Å². The van der Waals surface area contributed by atoms with Gasteiger partial charge in [0.05, 0.1) is 19.3 Å². The third-order valence-corrected chi connectivity index (χ3v) is 4.48. The Bertz CT molecular complexity index is 335. The van der Waals surface area contributed by atoms with Gasteiger partial charge < -0.3 is 25.0 Å². The van der Waals surface area contributed by atoms with Gasteiger partial charge >= 0.3 is 0 Å². The number of hydrogen-bond donors (Lipinski definition) is 2. The predicted octanol–water partition coefficient (Wildman–Crippen LogP) is 2.48. The van der Waals surface area contributed by atoms with E-state index in [4.69, 9.17) is 9.47 Å². The van der Waals surface area contributed by atoms with E-state index in [1.165, 1.54) is 13.0 Å². The van der Waals surface area contributed by atoms with Crippen LogP contribution in [-0.2, 0) is 9.47 Å². The molecule has 7 heteroatoms. The number of nitrogens with zero attached hydrogens (tertiary/aromatic N) is 2. The van der Waals surface area contributed by atoms with Crippen molar-refractivity contribution in [3.8, 4) is 0 Å². The van der Waals surface area contributed by atoms with Gasteiger partial charge in [-0.1, -0.05) is 13.8 Å². The highest BCUT2D eigenvalue weighted by Crippen LogP contribution is 2.11. The lowest BCUT2D eigenvalue weighted by Crippen LogP contribution is -2.43. The molecule has 1 rings (SSSR count). The van der Waals surface area contributed by atoms with E-state index >= 15 is 0 Å². The Morgan fingerprint density at radius 1 is 1.36 bits per heavy atom. The van der Waals surface area contributed by atoms with Crippen LogP contribution < -0.4 is 10.6 Å². The van der Waals surface area contributed by atoms with Crippen molar-refractivity contribution in [3.63, 3.8) is 0 Å². The van der Waals surface area contributed by atoms with Crippen LogP contribution >= 0.6 is 24.0 Å². The molecule has 0 spiro atoms. The Hall–Kier alpha value is -0.120. The van der Waals surface area contributed by atoms with Crippen molar-refractivity contribution < 1.29 is 9.47 Å². The summed E-state index contributed by atoms with van der Waals surface area (Å²) in [6.45, 7) is 13.1. The van der Waals surface area contributed by atoms with Crippen LogP contribution in [-0.4, -0.2) is 76.1 Å².